The molecule has 2 unspecified atom stereocenters. The minimum absolute atomic E-state index is 0.0416. The normalized spacial score (nSPS) is 43.6. The van der Waals surface area contributed by atoms with Crippen LogP contribution in [0.3, 0.4) is 0 Å². The highest BCUT2D eigenvalue weighted by atomic mass is 32.2. The second-order valence-corrected chi connectivity index (χ2v) is 11.6. The molecule has 36 heavy (non-hydrogen) atoms. The number of aliphatic hydroxyl groups is 1. The number of ether oxygens (including phenoxy) is 1. The number of furan rings is 1. The summed E-state index contributed by atoms with van der Waals surface area (Å²) in [6, 6.07) is 2.85. The zero-order chi connectivity index (χ0) is 26.3. The summed E-state index contributed by atoms with van der Waals surface area (Å²) in [6.07, 6.45) is 1.49. The van der Waals surface area contributed by atoms with Crippen LogP contribution in [0.5, 0.6) is 0 Å². The smallest absolute Gasteiger partial charge is 0.375 e. The molecule has 194 valence electrons. The monoisotopic (exact) mass is 522 g/mol. The summed E-state index contributed by atoms with van der Waals surface area (Å²) in [6.45, 7) is 4.80. The number of rotatable bonds is 3. The predicted molar refractivity (Wildman–Crippen MR) is 125 cm³/mol. The number of halogens is 2. The minimum atomic E-state index is -2.32. The molecular formula is C26H28F2O7S. The molecular weight excluding hydrogens is 494 g/mol. The van der Waals surface area contributed by atoms with Gasteiger partial charge in [-0.1, -0.05) is 19.9 Å². The molecule has 4 aliphatic rings. The van der Waals surface area contributed by atoms with Crippen molar-refractivity contribution in [1.29, 1.82) is 0 Å². The molecule has 0 aromatic carbocycles. The van der Waals surface area contributed by atoms with Crippen LogP contribution in [-0.2, 0) is 14.3 Å². The SMILES string of the molecule is C[C@@H]1CC2C3CC(F)=C4CC(=O)C=C[C@]4(C)[C@@]3(F)[C@@H](O)C[C@]2(C)[C@@]1(OC(=O)c1ccco1)C(=O)SO. The van der Waals surface area contributed by atoms with E-state index >= 15 is 8.78 Å². The van der Waals surface area contributed by atoms with Crippen LogP contribution in [-0.4, -0.2) is 43.9 Å². The molecule has 7 nitrogen and oxygen atoms in total. The van der Waals surface area contributed by atoms with Crippen molar-refractivity contribution in [2.75, 3.05) is 0 Å². The lowest BCUT2D eigenvalue weighted by Crippen LogP contribution is -2.69. The van der Waals surface area contributed by atoms with E-state index in [0.29, 0.717) is 0 Å². The Hall–Kier alpha value is -2.30. The molecule has 2 saturated carbocycles. The van der Waals surface area contributed by atoms with Crippen molar-refractivity contribution in [3.63, 3.8) is 0 Å². The third-order valence-corrected chi connectivity index (χ3v) is 10.0. The van der Waals surface area contributed by atoms with Gasteiger partial charge in [0.25, 0.3) is 5.12 Å². The molecule has 1 heterocycles. The van der Waals surface area contributed by atoms with Gasteiger partial charge in [0.2, 0.25) is 5.76 Å². The first kappa shape index (κ1) is 25.4. The van der Waals surface area contributed by atoms with Crippen molar-refractivity contribution < 1.29 is 42.0 Å². The number of ketones is 1. The lowest BCUT2D eigenvalue weighted by Gasteiger charge is -2.62. The predicted octanol–water partition coefficient (Wildman–Crippen LogP) is 4.82. The van der Waals surface area contributed by atoms with Gasteiger partial charge in [0, 0.05) is 35.5 Å². The number of carbonyl (C=O) groups is 3. The highest BCUT2D eigenvalue weighted by Gasteiger charge is 2.78. The van der Waals surface area contributed by atoms with Crippen molar-refractivity contribution in [2.24, 2.45) is 28.6 Å². The summed E-state index contributed by atoms with van der Waals surface area (Å²) in [7, 11) is 0. The Labute approximate surface area is 211 Å². The van der Waals surface area contributed by atoms with Crippen LogP contribution in [0.4, 0.5) is 8.78 Å². The van der Waals surface area contributed by atoms with E-state index in [4.69, 9.17) is 9.15 Å². The molecule has 0 radical (unpaired) electrons. The first-order chi connectivity index (χ1) is 16.9. The van der Waals surface area contributed by atoms with Crippen LogP contribution in [0.1, 0.15) is 57.0 Å². The minimum Gasteiger partial charge on any atom is -0.457 e. The average molecular weight is 523 g/mol. The summed E-state index contributed by atoms with van der Waals surface area (Å²) in [5.74, 6) is -4.44. The standard InChI is InChI=1S/C26H28F2O7S/c1-13-9-15-16-11-18(27)17-10-14(29)6-7-23(17,2)25(16,28)20(30)12-24(15,3)26(13,22(32)36-33)35-21(31)19-5-4-8-34-19/h4-8,13,15-16,20,30,33H,9-12H2,1-3H3/t13-,15?,16?,20+,23+,24+,25+,26+/m1/s1. The molecule has 0 spiro atoms. The third kappa shape index (κ3) is 2.95. The molecule has 0 saturated heterocycles. The largest absolute Gasteiger partial charge is 0.457 e. The Morgan fingerprint density at radius 1 is 1.28 bits per heavy atom. The summed E-state index contributed by atoms with van der Waals surface area (Å²) < 4.78 is 53.7. The van der Waals surface area contributed by atoms with Crippen molar-refractivity contribution in [2.45, 2.75) is 63.8 Å². The number of aliphatic hydroxyl groups excluding tert-OH is 1. The van der Waals surface area contributed by atoms with Gasteiger partial charge in [0.1, 0.15) is 5.83 Å². The van der Waals surface area contributed by atoms with E-state index in [1.807, 2.05) is 0 Å². The highest BCUT2D eigenvalue weighted by Crippen LogP contribution is 2.72. The number of fused-ring (bicyclic) bond motifs is 5. The van der Waals surface area contributed by atoms with Gasteiger partial charge in [0.05, 0.1) is 24.4 Å². The maximum atomic E-state index is 17.3. The summed E-state index contributed by atoms with van der Waals surface area (Å²) in [5.41, 5.74) is -7.09. The molecule has 8 atom stereocenters. The van der Waals surface area contributed by atoms with E-state index in [1.165, 1.54) is 37.5 Å². The Bertz CT molecular complexity index is 1190. The maximum Gasteiger partial charge on any atom is 0.375 e. The van der Waals surface area contributed by atoms with Crippen LogP contribution >= 0.6 is 12.0 Å². The summed E-state index contributed by atoms with van der Waals surface area (Å²) in [5, 5.41) is 10.6. The van der Waals surface area contributed by atoms with E-state index in [-0.39, 0.29) is 54.8 Å². The van der Waals surface area contributed by atoms with Crippen LogP contribution in [0.25, 0.3) is 0 Å². The van der Waals surface area contributed by atoms with Crippen LogP contribution in [0, 0.1) is 28.6 Å². The van der Waals surface area contributed by atoms with Crippen molar-refractivity contribution in [3.05, 3.63) is 47.7 Å². The summed E-state index contributed by atoms with van der Waals surface area (Å²) in [4.78, 5) is 38.4. The first-order valence-electron chi connectivity index (χ1n) is 12.0. The van der Waals surface area contributed by atoms with Crippen LogP contribution in [0.15, 0.2) is 46.4 Å². The Morgan fingerprint density at radius 2 is 2.00 bits per heavy atom. The Morgan fingerprint density at radius 3 is 2.64 bits per heavy atom. The second kappa shape index (κ2) is 8.10. The highest BCUT2D eigenvalue weighted by molar-refractivity contribution is 8.09. The molecule has 5 rings (SSSR count). The van der Waals surface area contributed by atoms with E-state index in [0.717, 1.165) is 0 Å². The number of hydrogen-bond acceptors (Lipinski definition) is 8. The Balaban J connectivity index is 1.65. The van der Waals surface area contributed by atoms with E-state index < -0.39 is 62.9 Å². The van der Waals surface area contributed by atoms with Gasteiger partial charge < -0.3 is 18.8 Å². The third-order valence-electron chi connectivity index (χ3n) is 9.56. The van der Waals surface area contributed by atoms with Gasteiger partial charge in [-0.3, -0.25) is 9.59 Å². The fourth-order valence-electron chi connectivity index (χ4n) is 7.85. The molecule has 0 bridgehead atoms. The van der Waals surface area contributed by atoms with Gasteiger partial charge in [-0.2, -0.15) is 0 Å². The number of esters is 1. The summed E-state index contributed by atoms with van der Waals surface area (Å²) >= 11 is -0.0881. The number of carbonyl (C=O) groups excluding carboxylic acids is 3. The lowest BCUT2D eigenvalue weighted by molar-refractivity contribution is -0.214. The molecule has 10 heteroatoms. The molecule has 2 fully saturated rings. The van der Waals surface area contributed by atoms with Gasteiger partial charge in [-0.15, -0.1) is 0 Å². The van der Waals surface area contributed by atoms with Crippen molar-refractivity contribution in [1.82, 2.24) is 0 Å². The van der Waals surface area contributed by atoms with Crippen molar-refractivity contribution in [3.8, 4) is 0 Å². The van der Waals surface area contributed by atoms with E-state index in [2.05, 4.69) is 0 Å². The second-order valence-electron chi connectivity index (χ2n) is 11.0. The number of alkyl halides is 1. The molecule has 0 amide bonds. The fourth-order valence-corrected chi connectivity index (χ4v) is 8.46. The topological polar surface area (TPSA) is 114 Å². The van der Waals surface area contributed by atoms with Gasteiger partial charge in [-0.05, 0) is 49.5 Å². The lowest BCUT2D eigenvalue weighted by atomic mass is 9.45. The van der Waals surface area contributed by atoms with E-state index in [9.17, 15) is 24.0 Å². The number of allylic oxidation sites excluding steroid dienone is 4. The zero-order valence-corrected chi connectivity index (χ0v) is 20.9. The van der Waals surface area contributed by atoms with Gasteiger partial charge in [0.15, 0.2) is 17.1 Å². The molecule has 1 aromatic rings. The maximum absolute atomic E-state index is 17.3. The fraction of sp³-hybridized carbons (Fsp3) is 0.577. The molecule has 2 N–H and O–H groups in total. The average Bonchev–Trinajstić information content (AvgIpc) is 3.44. The molecule has 0 aliphatic heterocycles. The van der Waals surface area contributed by atoms with Crippen molar-refractivity contribution >= 4 is 28.9 Å². The van der Waals surface area contributed by atoms with Gasteiger partial charge >= 0.3 is 5.97 Å². The van der Waals surface area contributed by atoms with Gasteiger partial charge in [-0.25, -0.2) is 13.6 Å². The quantitative estimate of drug-likeness (QED) is 0.429. The van der Waals surface area contributed by atoms with Crippen LogP contribution in [0.2, 0.25) is 0 Å². The van der Waals surface area contributed by atoms with E-state index in [1.54, 1.807) is 13.8 Å². The zero-order valence-electron chi connectivity index (χ0n) is 20.1. The first-order valence-corrected chi connectivity index (χ1v) is 12.7. The molecule has 4 aliphatic carbocycles. The number of hydrogen-bond donors (Lipinski definition) is 2. The Kier molecular flexibility index (Phi) is 5.70. The van der Waals surface area contributed by atoms with Crippen LogP contribution < -0.4 is 0 Å². The molecule has 1 aromatic heterocycles.